The fraction of sp³-hybridized carbons (Fsp3) is 0.200. The van der Waals surface area contributed by atoms with Crippen molar-refractivity contribution in [1.29, 1.82) is 0 Å². The summed E-state index contributed by atoms with van der Waals surface area (Å²) in [4.78, 5) is 33.1. The fourth-order valence-electron chi connectivity index (χ4n) is 4.11. The predicted molar refractivity (Wildman–Crippen MR) is 162 cm³/mol. The molecule has 2 N–H and O–H groups in total. The number of hydrogen-bond acceptors (Lipinski definition) is 7. The van der Waals surface area contributed by atoms with Crippen LogP contribution in [0.5, 0.6) is 5.75 Å². The molecular weight excluding hydrogens is 722 g/mol. The summed E-state index contributed by atoms with van der Waals surface area (Å²) in [5, 5.41) is 15.4. The first-order valence-corrected chi connectivity index (χ1v) is 15.1. The Morgan fingerprint density at radius 1 is 1.22 bits per heavy atom. The molecule has 184 valence electrons. The molecule has 0 saturated heterocycles. The molecular formula is C25H20I2N4O3S2. The van der Waals surface area contributed by atoms with Crippen molar-refractivity contribution in [3.05, 3.63) is 76.0 Å². The van der Waals surface area contributed by atoms with Gasteiger partial charge >= 0.3 is 0 Å². The summed E-state index contributed by atoms with van der Waals surface area (Å²) in [6.45, 7) is 0. The highest BCUT2D eigenvalue weighted by atomic mass is 127. The molecule has 4 aromatic rings. The molecule has 7 nitrogen and oxygen atoms in total. The van der Waals surface area contributed by atoms with Crippen molar-refractivity contribution in [3.63, 3.8) is 0 Å². The number of hydrogen-bond donors (Lipinski definition) is 2. The SMILES string of the molecule is O=C(CSc1nc2sc3c(c2c(=O)n1-c1ccccc1)CCCC3)NN=Cc1cc(I)cc(I)c1O. The smallest absolute Gasteiger partial charge is 0.267 e. The Kier molecular flexibility index (Phi) is 7.98. The molecule has 0 radical (unpaired) electrons. The van der Waals surface area contributed by atoms with E-state index in [9.17, 15) is 14.7 Å². The number of nitrogens with zero attached hydrogens (tertiary/aromatic N) is 3. The summed E-state index contributed by atoms with van der Waals surface area (Å²) >= 11 is 7.00. The number of aromatic hydroxyl groups is 1. The van der Waals surface area contributed by atoms with Crippen LogP contribution in [0.25, 0.3) is 15.9 Å². The number of phenols is 1. The molecule has 0 spiro atoms. The number of aromatic nitrogens is 2. The number of carbonyl (C=O) groups is 1. The van der Waals surface area contributed by atoms with E-state index in [1.54, 1.807) is 22.0 Å². The lowest BCUT2D eigenvalue weighted by atomic mass is 9.97. The zero-order valence-electron chi connectivity index (χ0n) is 18.8. The van der Waals surface area contributed by atoms with Crippen molar-refractivity contribution in [1.82, 2.24) is 15.0 Å². The van der Waals surface area contributed by atoms with Gasteiger partial charge in [0, 0.05) is 14.0 Å². The van der Waals surface area contributed by atoms with Gasteiger partial charge in [0.2, 0.25) is 0 Å². The van der Waals surface area contributed by atoms with Gasteiger partial charge in [0.05, 0.1) is 26.6 Å². The molecule has 2 aromatic carbocycles. The summed E-state index contributed by atoms with van der Waals surface area (Å²) in [5.74, 6) is -0.190. The van der Waals surface area contributed by atoms with Gasteiger partial charge in [-0.1, -0.05) is 30.0 Å². The first-order valence-electron chi connectivity index (χ1n) is 11.2. The van der Waals surface area contributed by atoms with Gasteiger partial charge < -0.3 is 5.11 Å². The van der Waals surface area contributed by atoms with E-state index in [-0.39, 0.29) is 23.0 Å². The number of nitrogens with one attached hydrogen (secondary N) is 1. The lowest BCUT2D eigenvalue weighted by Crippen LogP contribution is -2.24. The minimum atomic E-state index is -0.338. The van der Waals surface area contributed by atoms with Gasteiger partial charge in [-0.15, -0.1) is 11.3 Å². The quantitative estimate of drug-likeness (QED) is 0.0898. The van der Waals surface area contributed by atoms with Crippen molar-refractivity contribution >= 4 is 90.6 Å². The van der Waals surface area contributed by atoms with E-state index in [0.717, 1.165) is 45.3 Å². The van der Waals surface area contributed by atoms with E-state index >= 15 is 0 Å². The van der Waals surface area contributed by atoms with Gasteiger partial charge in [-0.2, -0.15) is 5.10 Å². The van der Waals surface area contributed by atoms with Crippen LogP contribution in [0, 0.1) is 7.14 Å². The predicted octanol–water partition coefficient (Wildman–Crippen LogP) is 5.48. The van der Waals surface area contributed by atoms with Gasteiger partial charge in [0.15, 0.2) is 5.16 Å². The van der Waals surface area contributed by atoms with Crippen LogP contribution >= 0.6 is 68.3 Å². The highest BCUT2D eigenvalue weighted by Gasteiger charge is 2.23. The molecule has 0 aliphatic heterocycles. The van der Waals surface area contributed by atoms with Crippen LogP contribution in [0.1, 0.15) is 28.8 Å². The molecule has 1 aliphatic rings. The first kappa shape index (κ1) is 25.7. The number of rotatable bonds is 6. The molecule has 0 bridgehead atoms. The first-order chi connectivity index (χ1) is 17.4. The maximum atomic E-state index is 13.7. The van der Waals surface area contributed by atoms with Crippen LogP contribution in [-0.4, -0.2) is 32.5 Å². The average molecular weight is 742 g/mol. The molecule has 1 aliphatic carbocycles. The third-order valence-electron chi connectivity index (χ3n) is 5.76. The van der Waals surface area contributed by atoms with Crippen LogP contribution in [0.2, 0.25) is 0 Å². The standard InChI is InChI=1S/C25H20I2N4O3S2/c26-15-10-14(22(33)18(27)11-15)12-28-30-20(32)13-35-25-29-23-21(17-8-4-5-9-19(17)36-23)24(34)31(25)16-6-2-1-3-7-16/h1-3,6-7,10-12,33H,4-5,8-9,13H2,(H,30,32). The Morgan fingerprint density at radius 3 is 2.81 bits per heavy atom. The summed E-state index contributed by atoms with van der Waals surface area (Å²) in [6, 6.07) is 13.0. The second kappa shape index (κ2) is 11.2. The molecule has 0 saturated carbocycles. The highest BCUT2D eigenvalue weighted by molar-refractivity contribution is 14.1. The van der Waals surface area contributed by atoms with Gasteiger partial charge in [-0.05, 0) is 101 Å². The lowest BCUT2D eigenvalue weighted by molar-refractivity contribution is -0.118. The van der Waals surface area contributed by atoms with Crippen molar-refractivity contribution in [2.24, 2.45) is 5.10 Å². The monoisotopic (exact) mass is 742 g/mol. The van der Waals surface area contributed by atoms with E-state index in [2.05, 4.69) is 33.1 Å². The number of fused-ring (bicyclic) bond motifs is 3. The van der Waals surface area contributed by atoms with Crippen LogP contribution in [-0.2, 0) is 17.6 Å². The Balaban J connectivity index is 1.41. The summed E-state index contributed by atoms with van der Waals surface area (Å²) < 4.78 is 3.27. The number of para-hydroxylation sites is 1. The number of thiophene rings is 1. The molecule has 11 heteroatoms. The normalized spacial score (nSPS) is 13.3. The maximum absolute atomic E-state index is 13.7. The molecule has 5 rings (SSSR count). The minimum Gasteiger partial charge on any atom is -0.506 e. The number of benzene rings is 2. The zero-order chi connectivity index (χ0) is 25.2. The molecule has 2 aromatic heterocycles. The number of amides is 1. The lowest BCUT2D eigenvalue weighted by Gasteiger charge is -2.13. The number of hydrazone groups is 1. The van der Waals surface area contributed by atoms with Crippen molar-refractivity contribution in [3.8, 4) is 11.4 Å². The Hall–Kier alpha value is -1.97. The van der Waals surface area contributed by atoms with Crippen LogP contribution in [0.3, 0.4) is 0 Å². The van der Waals surface area contributed by atoms with Crippen molar-refractivity contribution < 1.29 is 9.90 Å². The van der Waals surface area contributed by atoms with Gasteiger partial charge in [0.1, 0.15) is 10.6 Å². The average Bonchev–Trinajstić information content (AvgIpc) is 3.25. The largest absolute Gasteiger partial charge is 0.506 e. The van der Waals surface area contributed by atoms with Crippen LogP contribution in [0.15, 0.2) is 57.5 Å². The summed E-state index contributed by atoms with van der Waals surface area (Å²) in [7, 11) is 0. The molecule has 36 heavy (non-hydrogen) atoms. The molecule has 0 atom stereocenters. The van der Waals surface area contributed by atoms with E-state index in [1.165, 1.54) is 22.9 Å². The number of thioether (sulfide) groups is 1. The maximum Gasteiger partial charge on any atom is 0.267 e. The highest BCUT2D eigenvalue weighted by Crippen LogP contribution is 2.35. The second-order valence-electron chi connectivity index (χ2n) is 8.17. The van der Waals surface area contributed by atoms with Gasteiger partial charge in [-0.3, -0.25) is 14.2 Å². The Bertz CT molecular complexity index is 1550. The van der Waals surface area contributed by atoms with E-state index < -0.39 is 0 Å². The number of aryl methyl sites for hydroxylation is 2. The number of phenolic OH excluding ortho intramolecular Hbond substituents is 1. The van der Waals surface area contributed by atoms with Gasteiger partial charge in [0.25, 0.3) is 11.5 Å². The summed E-state index contributed by atoms with van der Waals surface area (Å²) in [6.07, 6.45) is 5.53. The third-order valence-corrected chi connectivity index (χ3v) is 9.32. The number of halogens is 2. The Labute approximate surface area is 242 Å². The second-order valence-corrected chi connectivity index (χ2v) is 12.6. The fourth-order valence-corrected chi connectivity index (χ4v) is 8.11. The van der Waals surface area contributed by atoms with Crippen molar-refractivity contribution in [2.75, 3.05) is 5.75 Å². The van der Waals surface area contributed by atoms with Crippen LogP contribution < -0.4 is 11.0 Å². The molecule has 0 fully saturated rings. The van der Waals surface area contributed by atoms with Crippen molar-refractivity contribution in [2.45, 2.75) is 30.8 Å². The zero-order valence-corrected chi connectivity index (χ0v) is 24.8. The minimum absolute atomic E-state index is 0.0308. The molecule has 0 unspecified atom stereocenters. The summed E-state index contributed by atoms with van der Waals surface area (Å²) in [5.41, 5.74) is 4.79. The van der Waals surface area contributed by atoms with E-state index in [0.29, 0.717) is 19.7 Å². The van der Waals surface area contributed by atoms with Crippen LogP contribution in [0.4, 0.5) is 0 Å². The molecule has 1 amide bonds. The topological polar surface area (TPSA) is 96.6 Å². The van der Waals surface area contributed by atoms with E-state index in [4.69, 9.17) is 4.98 Å². The number of carbonyl (C=O) groups excluding carboxylic acids is 1. The third kappa shape index (κ3) is 5.34. The van der Waals surface area contributed by atoms with Gasteiger partial charge in [-0.25, -0.2) is 10.4 Å². The van der Waals surface area contributed by atoms with E-state index in [1.807, 2.05) is 59.0 Å². The Morgan fingerprint density at radius 2 is 2.00 bits per heavy atom. The molecule has 2 heterocycles.